The summed E-state index contributed by atoms with van der Waals surface area (Å²) in [7, 11) is 1.57. The molecule has 7 nitrogen and oxygen atoms in total. The number of aliphatic hydroxyl groups excluding tert-OH is 1. The van der Waals surface area contributed by atoms with Crippen LogP contribution in [0.2, 0.25) is 0 Å². The van der Waals surface area contributed by atoms with Crippen LogP contribution in [0.4, 0.5) is 11.4 Å². The summed E-state index contributed by atoms with van der Waals surface area (Å²) in [6.45, 7) is 0.640. The molecule has 1 amide bonds. The Hall–Kier alpha value is -2.15. The molecule has 0 aliphatic carbocycles. The number of benzene rings is 1. The van der Waals surface area contributed by atoms with Gasteiger partial charge in [-0.2, -0.15) is 0 Å². The number of nitrogens with zero attached hydrogens (tertiary/aromatic N) is 2. The zero-order valence-electron chi connectivity index (χ0n) is 10.5. The SMILES string of the molecule is CNc1cccc(C(=O)N2CCC(O)C2)c1[N+](=O)[O-]. The molecule has 102 valence electrons. The Labute approximate surface area is 110 Å². The van der Waals surface area contributed by atoms with E-state index in [1.807, 2.05) is 0 Å². The largest absolute Gasteiger partial charge is 0.391 e. The molecule has 0 bridgehead atoms. The minimum absolute atomic E-state index is 0.0472. The molecular formula is C12H15N3O4. The van der Waals surface area contributed by atoms with Crippen LogP contribution in [0.25, 0.3) is 0 Å². The number of hydrogen-bond acceptors (Lipinski definition) is 5. The van der Waals surface area contributed by atoms with Gasteiger partial charge in [0.15, 0.2) is 0 Å². The molecule has 0 aromatic heterocycles. The molecule has 1 fully saturated rings. The lowest BCUT2D eigenvalue weighted by Gasteiger charge is -2.16. The number of nitro benzene ring substituents is 1. The van der Waals surface area contributed by atoms with Crippen LogP contribution < -0.4 is 5.32 Å². The van der Waals surface area contributed by atoms with Gasteiger partial charge in [0.2, 0.25) is 0 Å². The minimum atomic E-state index is -0.564. The third-order valence-corrected chi connectivity index (χ3v) is 3.17. The summed E-state index contributed by atoms with van der Waals surface area (Å²) in [4.78, 5) is 24.3. The Morgan fingerprint density at radius 2 is 2.32 bits per heavy atom. The minimum Gasteiger partial charge on any atom is -0.391 e. The van der Waals surface area contributed by atoms with E-state index in [2.05, 4.69) is 5.32 Å². The predicted octanol–water partition coefficient (Wildman–Crippen LogP) is 0.843. The van der Waals surface area contributed by atoms with Crippen LogP contribution in [0, 0.1) is 10.1 Å². The highest BCUT2D eigenvalue weighted by atomic mass is 16.6. The maximum absolute atomic E-state index is 12.3. The van der Waals surface area contributed by atoms with Gasteiger partial charge in [-0.15, -0.1) is 0 Å². The number of rotatable bonds is 3. The Morgan fingerprint density at radius 1 is 1.58 bits per heavy atom. The maximum atomic E-state index is 12.3. The summed E-state index contributed by atoms with van der Waals surface area (Å²) in [6, 6.07) is 4.58. The zero-order chi connectivity index (χ0) is 14.0. The lowest BCUT2D eigenvalue weighted by atomic mass is 10.1. The fourth-order valence-corrected chi connectivity index (χ4v) is 2.21. The van der Waals surface area contributed by atoms with Crippen molar-refractivity contribution in [3.8, 4) is 0 Å². The van der Waals surface area contributed by atoms with Crippen LogP contribution >= 0.6 is 0 Å². The highest BCUT2D eigenvalue weighted by Gasteiger charge is 2.31. The molecule has 19 heavy (non-hydrogen) atoms. The Bertz CT molecular complexity index is 518. The van der Waals surface area contributed by atoms with Crippen LogP contribution in [-0.4, -0.2) is 47.1 Å². The van der Waals surface area contributed by atoms with Gasteiger partial charge < -0.3 is 15.3 Å². The molecule has 1 unspecified atom stereocenters. The van der Waals surface area contributed by atoms with Gasteiger partial charge in [-0.05, 0) is 18.6 Å². The van der Waals surface area contributed by atoms with Crippen molar-refractivity contribution in [3.63, 3.8) is 0 Å². The van der Waals surface area contributed by atoms with Crippen molar-refractivity contribution in [3.05, 3.63) is 33.9 Å². The van der Waals surface area contributed by atoms with Gasteiger partial charge in [0.25, 0.3) is 5.91 Å². The average molecular weight is 265 g/mol. The molecule has 1 aromatic rings. The fraction of sp³-hybridized carbons (Fsp3) is 0.417. The van der Waals surface area contributed by atoms with Crippen LogP contribution in [0.3, 0.4) is 0 Å². The first kappa shape index (κ1) is 13.3. The predicted molar refractivity (Wildman–Crippen MR) is 69.2 cm³/mol. The summed E-state index contributed by atoms with van der Waals surface area (Å²) >= 11 is 0. The maximum Gasteiger partial charge on any atom is 0.305 e. The van der Waals surface area contributed by atoms with Gasteiger partial charge in [0.1, 0.15) is 11.3 Å². The number of nitrogens with one attached hydrogen (secondary N) is 1. The van der Waals surface area contributed by atoms with Crippen LogP contribution in [0.1, 0.15) is 16.8 Å². The van der Waals surface area contributed by atoms with E-state index in [4.69, 9.17) is 0 Å². The second-order valence-corrected chi connectivity index (χ2v) is 4.40. The van der Waals surface area contributed by atoms with Crippen LogP contribution in [-0.2, 0) is 0 Å². The molecular weight excluding hydrogens is 250 g/mol. The number of para-hydroxylation sites is 1. The summed E-state index contributed by atoms with van der Waals surface area (Å²) in [5.74, 6) is -0.416. The van der Waals surface area contributed by atoms with Crippen molar-refractivity contribution in [2.24, 2.45) is 0 Å². The van der Waals surface area contributed by atoms with Gasteiger partial charge in [0.05, 0.1) is 11.0 Å². The van der Waals surface area contributed by atoms with E-state index in [9.17, 15) is 20.0 Å². The number of aliphatic hydroxyl groups is 1. The molecule has 2 rings (SSSR count). The summed E-state index contributed by atoms with van der Waals surface area (Å²) in [5.41, 5.74) is 0.123. The second kappa shape index (κ2) is 5.23. The lowest BCUT2D eigenvalue weighted by Crippen LogP contribution is -2.30. The highest BCUT2D eigenvalue weighted by Crippen LogP contribution is 2.29. The van der Waals surface area contributed by atoms with Gasteiger partial charge in [-0.1, -0.05) is 6.07 Å². The van der Waals surface area contributed by atoms with Crippen molar-refractivity contribution in [1.82, 2.24) is 4.90 Å². The Balaban J connectivity index is 2.39. The fourth-order valence-electron chi connectivity index (χ4n) is 2.21. The van der Waals surface area contributed by atoms with E-state index < -0.39 is 16.9 Å². The van der Waals surface area contributed by atoms with Crippen molar-refractivity contribution in [2.45, 2.75) is 12.5 Å². The first-order valence-corrected chi connectivity index (χ1v) is 5.97. The van der Waals surface area contributed by atoms with Crippen molar-refractivity contribution < 1.29 is 14.8 Å². The molecule has 0 saturated carbocycles. The van der Waals surface area contributed by atoms with E-state index in [1.54, 1.807) is 19.2 Å². The Morgan fingerprint density at radius 3 is 2.84 bits per heavy atom. The average Bonchev–Trinajstić information content (AvgIpc) is 2.83. The smallest absolute Gasteiger partial charge is 0.305 e. The molecule has 1 aromatic carbocycles. The van der Waals surface area contributed by atoms with Crippen molar-refractivity contribution in [2.75, 3.05) is 25.5 Å². The first-order valence-electron chi connectivity index (χ1n) is 5.97. The topological polar surface area (TPSA) is 95.7 Å². The first-order chi connectivity index (χ1) is 9.04. The van der Waals surface area contributed by atoms with Crippen LogP contribution in [0.5, 0.6) is 0 Å². The summed E-state index contributed by atoms with van der Waals surface area (Å²) < 4.78 is 0. The van der Waals surface area contributed by atoms with E-state index in [-0.39, 0.29) is 17.8 Å². The molecule has 2 N–H and O–H groups in total. The lowest BCUT2D eigenvalue weighted by molar-refractivity contribution is -0.384. The number of amides is 1. The number of nitro groups is 1. The number of likely N-dealkylation sites (tertiary alicyclic amines) is 1. The molecule has 7 heteroatoms. The van der Waals surface area contributed by atoms with Gasteiger partial charge >= 0.3 is 5.69 Å². The quantitative estimate of drug-likeness (QED) is 0.623. The third-order valence-electron chi connectivity index (χ3n) is 3.17. The zero-order valence-corrected chi connectivity index (χ0v) is 10.5. The molecule has 1 atom stereocenters. The Kier molecular flexibility index (Phi) is 3.66. The summed E-state index contributed by atoms with van der Waals surface area (Å²) in [5, 5.41) is 23.3. The molecule has 1 saturated heterocycles. The van der Waals surface area contributed by atoms with Crippen LogP contribution in [0.15, 0.2) is 18.2 Å². The highest BCUT2D eigenvalue weighted by molar-refractivity contribution is 6.00. The second-order valence-electron chi connectivity index (χ2n) is 4.40. The monoisotopic (exact) mass is 265 g/mol. The standard InChI is InChI=1S/C12H15N3O4/c1-13-10-4-2-3-9(11(10)15(18)19)12(17)14-6-5-8(16)7-14/h2-4,8,13,16H,5-7H2,1H3. The molecule has 1 aliphatic rings. The van der Waals surface area contributed by atoms with Gasteiger partial charge in [0, 0.05) is 20.1 Å². The van der Waals surface area contributed by atoms with Crippen molar-refractivity contribution >= 4 is 17.3 Å². The van der Waals surface area contributed by atoms with E-state index in [0.29, 0.717) is 18.7 Å². The van der Waals surface area contributed by atoms with E-state index in [1.165, 1.54) is 11.0 Å². The van der Waals surface area contributed by atoms with Crippen molar-refractivity contribution in [1.29, 1.82) is 0 Å². The van der Waals surface area contributed by atoms with Gasteiger partial charge in [-0.3, -0.25) is 14.9 Å². The van der Waals surface area contributed by atoms with Gasteiger partial charge in [-0.25, -0.2) is 0 Å². The third kappa shape index (κ3) is 2.50. The van der Waals surface area contributed by atoms with E-state index in [0.717, 1.165) is 0 Å². The number of carbonyl (C=O) groups excluding carboxylic acids is 1. The molecule has 1 heterocycles. The number of anilines is 1. The van der Waals surface area contributed by atoms with E-state index >= 15 is 0 Å². The normalized spacial score (nSPS) is 18.4. The summed E-state index contributed by atoms with van der Waals surface area (Å²) in [6.07, 6.45) is -0.0406. The molecule has 0 spiro atoms. The molecule has 1 aliphatic heterocycles. The number of β-amino-alcohol motifs (C(OH)–C–C–N with tert-alkyl or cyclic N) is 1. The molecule has 0 radical (unpaired) electrons. The number of hydrogen-bond donors (Lipinski definition) is 2. The number of carbonyl (C=O) groups is 1.